The Hall–Kier alpha value is -4.65. The second-order valence-corrected chi connectivity index (χ2v) is 8.36. The number of aryl methyl sites for hydroxylation is 1. The van der Waals surface area contributed by atoms with Gasteiger partial charge >= 0.3 is 10.1 Å². The van der Waals surface area contributed by atoms with Crippen molar-refractivity contribution in [3.63, 3.8) is 0 Å². The molecule has 3 aromatic rings. The van der Waals surface area contributed by atoms with Gasteiger partial charge in [-0.05, 0) is 48.9 Å². The quantitative estimate of drug-likeness (QED) is 0.219. The fourth-order valence-electron chi connectivity index (χ4n) is 2.72. The second kappa shape index (κ2) is 9.87. The van der Waals surface area contributed by atoms with Crippen LogP contribution < -0.4 is 9.61 Å². The highest BCUT2D eigenvalue weighted by Gasteiger charge is 2.21. The molecule has 0 aliphatic heterocycles. The molecule has 174 valence electrons. The van der Waals surface area contributed by atoms with Crippen molar-refractivity contribution >= 4 is 33.6 Å². The minimum absolute atomic E-state index is 0.0407. The van der Waals surface area contributed by atoms with E-state index in [1.807, 2.05) is 0 Å². The van der Waals surface area contributed by atoms with Crippen molar-refractivity contribution in [2.24, 2.45) is 5.10 Å². The van der Waals surface area contributed by atoms with Gasteiger partial charge in [0, 0.05) is 29.3 Å². The highest BCUT2D eigenvalue weighted by Crippen LogP contribution is 2.25. The summed E-state index contributed by atoms with van der Waals surface area (Å²) >= 11 is 0. The lowest BCUT2D eigenvalue weighted by atomic mass is 10.2. The number of carbonyl (C=O) groups excluding carboxylic acids is 1. The molecule has 0 saturated carbocycles. The smallest absolute Gasteiger partial charge is 0.339 e. The summed E-state index contributed by atoms with van der Waals surface area (Å²) in [6.45, 7) is 1.49. The Morgan fingerprint density at radius 2 is 1.71 bits per heavy atom. The van der Waals surface area contributed by atoms with E-state index in [2.05, 4.69) is 10.5 Å². The number of rotatable bonds is 8. The Labute approximate surface area is 192 Å². The molecule has 0 radical (unpaired) electrons. The predicted molar refractivity (Wildman–Crippen MR) is 120 cm³/mol. The number of nitro groups is 2. The summed E-state index contributed by atoms with van der Waals surface area (Å²) in [4.78, 5) is 32.2. The molecule has 34 heavy (non-hydrogen) atoms. The molecule has 13 heteroatoms. The number of amides is 1. The monoisotopic (exact) mass is 484 g/mol. The number of hydrogen-bond acceptors (Lipinski definition) is 9. The van der Waals surface area contributed by atoms with Crippen molar-refractivity contribution in [3.05, 3.63) is 104 Å². The maximum atomic E-state index is 12.5. The highest BCUT2D eigenvalue weighted by molar-refractivity contribution is 7.87. The van der Waals surface area contributed by atoms with Gasteiger partial charge in [0.2, 0.25) is 0 Å². The average Bonchev–Trinajstić information content (AvgIpc) is 2.80. The standard InChI is InChI=1S/C21H16N4O8S/c1-14-5-10-19(12-20(14)25(29)30)34(31,32)33-18-8-6-15(7-9-18)13-22-23-21(26)16-3-2-4-17(11-16)24(27)28/h2-13H,1H3,(H,23,26)/b22-13-. The molecule has 0 aromatic heterocycles. The van der Waals surface area contributed by atoms with Gasteiger partial charge < -0.3 is 4.18 Å². The Bertz CT molecular complexity index is 1400. The van der Waals surface area contributed by atoms with E-state index < -0.39 is 25.9 Å². The molecule has 0 aliphatic carbocycles. The molecule has 0 saturated heterocycles. The fourth-order valence-corrected chi connectivity index (χ4v) is 3.67. The first-order valence-corrected chi connectivity index (χ1v) is 10.8. The Morgan fingerprint density at radius 3 is 2.35 bits per heavy atom. The van der Waals surface area contributed by atoms with Gasteiger partial charge in [-0.25, -0.2) is 5.43 Å². The van der Waals surface area contributed by atoms with E-state index in [-0.39, 0.29) is 27.6 Å². The number of carbonyl (C=O) groups is 1. The van der Waals surface area contributed by atoms with Crippen LogP contribution in [0.2, 0.25) is 0 Å². The number of nitro benzene ring substituents is 2. The summed E-state index contributed by atoms with van der Waals surface area (Å²) < 4.78 is 29.9. The van der Waals surface area contributed by atoms with Crippen molar-refractivity contribution in [2.45, 2.75) is 11.8 Å². The third-order valence-corrected chi connectivity index (χ3v) is 5.69. The molecule has 1 amide bonds. The fraction of sp³-hybridized carbons (Fsp3) is 0.0476. The topological polar surface area (TPSA) is 171 Å². The zero-order valence-corrected chi connectivity index (χ0v) is 18.3. The Kier molecular flexibility index (Phi) is 6.97. The lowest BCUT2D eigenvalue weighted by molar-refractivity contribution is -0.385. The van der Waals surface area contributed by atoms with Crippen LogP contribution in [-0.4, -0.2) is 30.4 Å². The number of nitrogens with one attached hydrogen (secondary N) is 1. The first-order chi connectivity index (χ1) is 16.1. The van der Waals surface area contributed by atoms with Crippen LogP contribution in [0.4, 0.5) is 11.4 Å². The minimum Gasteiger partial charge on any atom is -0.379 e. The average molecular weight is 484 g/mol. The van der Waals surface area contributed by atoms with Crippen molar-refractivity contribution < 1.29 is 27.2 Å². The summed E-state index contributed by atoms with van der Waals surface area (Å²) in [7, 11) is -4.31. The summed E-state index contributed by atoms with van der Waals surface area (Å²) in [5, 5.41) is 25.6. The molecule has 0 heterocycles. The molecule has 0 atom stereocenters. The maximum absolute atomic E-state index is 12.5. The maximum Gasteiger partial charge on any atom is 0.339 e. The van der Waals surface area contributed by atoms with Crippen LogP contribution in [0.1, 0.15) is 21.5 Å². The zero-order valence-electron chi connectivity index (χ0n) is 17.4. The van der Waals surface area contributed by atoms with Gasteiger partial charge in [0.1, 0.15) is 10.6 Å². The van der Waals surface area contributed by atoms with Crippen LogP contribution in [-0.2, 0) is 10.1 Å². The van der Waals surface area contributed by atoms with Crippen LogP contribution in [0.25, 0.3) is 0 Å². The Balaban J connectivity index is 1.66. The number of hydrazone groups is 1. The van der Waals surface area contributed by atoms with Gasteiger partial charge in [0.05, 0.1) is 16.1 Å². The van der Waals surface area contributed by atoms with Gasteiger partial charge in [-0.2, -0.15) is 13.5 Å². The molecule has 0 spiro atoms. The third kappa shape index (κ3) is 5.77. The van der Waals surface area contributed by atoms with Crippen molar-refractivity contribution in [3.8, 4) is 5.75 Å². The summed E-state index contributed by atoms with van der Waals surface area (Å²) in [6.07, 6.45) is 1.27. The van der Waals surface area contributed by atoms with E-state index in [4.69, 9.17) is 4.18 Å². The molecule has 0 aliphatic rings. The molecule has 0 bridgehead atoms. The zero-order chi connectivity index (χ0) is 24.9. The van der Waals surface area contributed by atoms with Crippen LogP contribution in [0.3, 0.4) is 0 Å². The predicted octanol–water partition coefficient (Wildman–Crippen LogP) is 3.34. The number of benzene rings is 3. The van der Waals surface area contributed by atoms with E-state index in [0.717, 1.165) is 12.1 Å². The second-order valence-electron chi connectivity index (χ2n) is 6.82. The molecule has 3 rings (SSSR count). The van der Waals surface area contributed by atoms with Crippen molar-refractivity contribution in [1.82, 2.24) is 5.43 Å². The lowest BCUT2D eigenvalue weighted by Crippen LogP contribution is -2.17. The highest BCUT2D eigenvalue weighted by atomic mass is 32.2. The first-order valence-electron chi connectivity index (χ1n) is 9.44. The molecular weight excluding hydrogens is 468 g/mol. The van der Waals surface area contributed by atoms with Gasteiger partial charge in [-0.15, -0.1) is 0 Å². The van der Waals surface area contributed by atoms with Crippen LogP contribution in [0, 0.1) is 27.2 Å². The van der Waals surface area contributed by atoms with E-state index in [9.17, 15) is 33.4 Å². The SMILES string of the molecule is Cc1ccc(S(=O)(=O)Oc2ccc(/C=N\NC(=O)c3cccc([N+](=O)[O-])c3)cc2)cc1[N+](=O)[O-]. The summed E-state index contributed by atoms with van der Waals surface area (Å²) in [5.74, 6) is -0.695. The van der Waals surface area contributed by atoms with E-state index in [0.29, 0.717) is 11.1 Å². The van der Waals surface area contributed by atoms with Crippen LogP contribution in [0.5, 0.6) is 5.75 Å². The van der Waals surface area contributed by atoms with Gasteiger partial charge in [-0.1, -0.05) is 12.1 Å². The molecule has 12 nitrogen and oxygen atoms in total. The van der Waals surface area contributed by atoms with Crippen molar-refractivity contribution in [1.29, 1.82) is 0 Å². The van der Waals surface area contributed by atoms with Gasteiger partial charge in [0.25, 0.3) is 17.3 Å². The van der Waals surface area contributed by atoms with Crippen molar-refractivity contribution in [2.75, 3.05) is 0 Å². The number of non-ortho nitro benzene ring substituents is 1. The number of hydrogen-bond donors (Lipinski definition) is 1. The molecular formula is C21H16N4O8S. The van der Waals surface area contributed by atoms with Gasteiger partial charge in [-0.3, -0.25) is 25.0 Å². The molecule has 0 unspecified atom stereocenters. The molecule has 3 aromatic carbocycles. The van der Waals surface area contributed by atoms with Crippen LogP contribution >= 0.6 is 0 Å². The summed E-state index contributed by atoms with van der Waals surface area (Å²) in [5.41, 5.74) is 2.50. The number of nitrogens with zero attached hydrogens (tertiary/aromatic N) is 3. The largest absolute Gasteiger partial charge is 0.379 e. The van der Waals surface area contributed by atoms with E-state index >= 15 is 0 Å². The van der Waals surface area contributed by atoms with Crippen LogP contribution in [0.15, 0.2) is 76.7 Å². The normalized spacial score (nSPS) is 11.2. The van der Waals surface area contributed by atoms with E-state index in [1.165, 1.54) is 67.7 Å². The summed E-state index contributed by atoms with van der Waals surface area (Å²) in [6, 6.07) is 14.2. The molecule has 1 N–H and O–H groups in total. The Morgan fingerprint density at radius 1 is 1.00 bits per heavy atom. The third-order valence-electron chi connectivity index (χ3n) is 4.45. The lowest BCUT2D eigenvalue weighted by Gasteiger charge is -2.08. The minimum atomic E-state index is -4.31. The molecule has 0 fully saturated rings. The first kappa shape index (κ1) is 24.0. The van der Waals surface area contributed by atoms with E-state index in [1.54, 1.807) is 0 Å². The van der Waals surface area contributed by atoms with Gasteiger partial charge in [0.15, 0.2) is 0 Å².